The maximum Gasteiger partial charge on any atom is 0.417 e. The number of aliphatic carboxylic acids is 1. The molecule has 0 spiro atoms. The van der Waals surface area contributed by atoms with E-state index in [2.05, 4.69) is 0 Å². The number of hydrogen-bond donors (Lipinski definition) is 1. The maximum absolute atomic E-state index is 11.8. The summed E-state index contributed by atoms with van der Waals surface area (Å²) < 4.78 is 5.04. The number of fused-ring (bicyclic) bond motifs is 1. The lowest BCUT2D eigenvalue weighted by atomic mass is 10.2. The van der Waals surface area contributed by atoms with Crippen molar-refractivity contribution < 1.29 is 24.2 Å². The van der Waals surface area contributed by atoms with Crippen molar-refractivity contribution >= 4 is 18.0 Å². The van der Waals surface area contributed by atoms with E-state index in [9.17, 15) is 14.4 Å². The number of carbonyl (C=O) groups excluding carboxylic acids is 2. The summed E-state index contributed by atoms with van der Waals surface area (Å²) in [7, 11) is 0. The molecule has 1 aliphatic heterocycles. The number of amides is 2. The number of carbonyl (C=O) groups is 3. The van der Waals surface area contributed by atoms with Crippen molar-refractivity contribution in [2.45, 2.75) is 38.8 Å². The van der Waals surface area contributed by atoms with Gasteiger partial charge in [-0.2, -0.15) is 0 Å². The van der Waals surface area contributed by atoms with Gasteiger partial charge in [0.25, 0.3) is 0 Å². The Kier molecular flexibility index (Phi) is 2.41. The predicted molar refractivity (Wildman–Crippen MR) is 56.1 cm³/mol. The zero-order valence-corrected chi connectivity index (χ0v) is 9.97. The normalized spacial score (nSPS) is 31.1. The lowest BCUT2D eigenvalue weighted by Crippen LogP contribution is -2.47. The number of carboxylic acid groups (broad SMARTS) is 1. The lowest BCUT2D eigenvalue weighted by molar-refractivity contribution is -0.147. The van der Waals surface area contributed by atoms with Gasteiger partial charge in [0.15, 0.2) is 0 Å². The van der Waals surface area contributed by atoms with Crippen LogP contribution >= 0.6 is 0 Å². The van der Waals surface area contributed by atoms with Gasteiger partial charge in [0.2, 0.25) is 5.91 Å². The summed E-state index contributed by atoms with van der Waals surface area (Å²) in [5.74, 6) is -2.10. The van der Waals surface area contributed by atoms with Crippen molar-refractivity contribution in [1.82, 2.24) is 4.90 Å². The molecule has 2 fully saturated rings. The number of hydrogen-bond acceptors (Lipinski definition) is 4. The van der Waals surface area contributed by atoms with Crippen LogP contribution in [0.4, 0.5) is 4.79 Å². The van der Waals surface area contributed by atoms with E-state index in [1.54, 1.807) is 20.8 Å². The smallest absolute Gasteiger partial charge is 0.417 e. The second kappa shape index (κ2) is 3.45. The minimum Gasteiger partial charge on any atom is -0.480 e. The van der Waals surface area contributed by atoms with Crippen molar-refractivity contribution in [3.63, 3.8) is 0 Å². The third-order valence-corrected chi connectivity index (χ3v) is 2.92. The van der Waals surface area contributed by atoms with Gasteiger partial charge in [-0.25, -0.2) is 14.5 Å². The fourth-order valence-corrected chi connectivity index (χ4v) is 2.16. The highest BCUT2D eigenvalue weighted by molar-refractivity contribution is 6.02. The van der Waals surface area contributed by atoms with Gasteiger partial charge in [0, 0.05) is 11.8 Å². The van der Waals surface area contributed by atoms with E-state index in [0.29, 0.717) is 6.42 Å². The number of carboxylic acids is 1. The van der Waals surface area contributed by atoms with Gasteiger partial charge >= 0.3 is 12.1 Å². The fourth-order valence-electron chi connectivity index (χ4n) is 2.16. The Hall–Kier alpha value is -1.59. The molecular weight excluding hydrogens is 226 g/mol. The highest BCUT2D eigenvalue weighted by atomic mass is 16.6. The minimum atomic E-state index is -1.14. The van der Waals surface area contributed by atoms with Gasteiger partial charge in [0.1, 0.15) is 11.6 Å². The topological polar surface area (TPSA) is 83.9 Å². The number of likely N-dealkylation sites (tertiary alicyclic amines) is 1. The zero-order valence-electron chi connectivity index (χ0n) is 9.97. The van der Waals surface area contributed by atoms with Crippen LogP contribution in [0.3, 0.4) is 0 Å². The molecule has 1 unspecified atom stereocenters. The number of piperidine rings is 1. The van der Waals surface area contributed by atoms with Crippen LogP contribution in [0.2, 0.25) is 0 Å². The van der Waals surface area contributed by atoms with Crippen molar-refractivity contribution in [3.8, 4) is 0 Å². The Morgan fingerprint density at radius 2 is 2.00 bits per heavy atom. The predicted octanol–water partition coefficient (Wildman–Crippen LogP) is 0.853. The Morgan fingerprint density at radius 1 is 1.41 bits per heavy atom. The Bertz CT molecular complexity index is 397. The molecule has 0 aromatic carbocycles. The van der Waals surface area contributed by atoms with E-state index in [-0.39, 0.29) is 11.8 Å². The molecule has 6 nitrogen and oxygen atoms in total. The average molecular weight is 241 g/mol. The lowest BCUT2D eigenvalue weighted by Gasteiger charge is -2.27. The van der Waals surface area contributed by atoms with E-state index in [0.717, 1.165) is 4.90 Å². The van der Waals surface area contributed by atoms with Crippen LogP contribution in [0.1, 0.15) is 27.2 Å². The summed E-state index contributed by atoms with van der Waals surface area (Å²) in [5.41, 5.74) is -0.743. The van der Waals surface area contributed by atoms with Gasteiger partial charge in [-0.15, -0.1) is 0 Å². The standard InChI is InChI=1S/C11H15NO5/c1-11(2,3)17-10(16)12-7(9(14)15)5-4-6(5)8(12)13/h5-7H,4H2,1-3H3,(H,14,15)/t5-,6+,7?/m0/s1. The summed E-state index contributed by atoms with van der Waals surface area (Å²) in [6.45, 7) is 5.01. The van der Waals surface area contributed by atoms with E-state index in [4.69, 9.17) is 9.84 Å². The number of rotatable bonds is 1. The van der Waals surface area contributed by atoms with E-state index < -0.39 is 29.6 Å². The second-order valence-corrected chi connectivity index (χ2v) is 5.48. The van der Waals surface area contributed by atoms with Gasteiger partial charge in [-0.1, -0.05) is 0 Å². The van der Waals surface area contributed by atoms with E-state index >= 15 is 0 Å². The molecule has 17 heavy (non-hydrogen) atoms. The third kappa shape index (κ3) is 1.99. The van der Waals surface area contributed by atoms with Crippen molar-refractivity contribution in [2.75, 3.05) is 0 Å². The molecule has 1 N–H and O–H groups in total. The Balaban J connectivity index is 2.16. The molecule has 2 amide bonds. The van der Waals surface area contributed by atoms with Crippen molar-refractivity contribution in [3.05, 3.63) is 0 Å². The first-order chi connectivity index (χ1) is 7.72. The molecule has 0 radical (unpaired) electrons. The van der Waals surface area contributed by atoms with Crippen LogP contribution in [-0.2, 0) is 14.3 Å². The molecule has 0 bridgehead atoms. The zero-order chi connectivity index (χ0) is 13.0. The van der Waals surface area contributed by atoms with Crippen LogP contribution in [0.25, 0.3) is 0 Å². The summed E-state index contributed by atoms with van der Waals surface area (Å²) in [6.07, 6.45) is -0.295. The fraction of sp³-hybridized carbons (Fsp3) is 0.727. The molecule has 3 atom stereocenters. The second-order valence-electron chi connectivity index (χ2n) is 5.48. The van der Waals surface area contributed by atoms with Crippen molar-refractivity contribution in [2.24, 2.45) is 11.8 Å². The van der Waals surface area contributed by atoms with Crippen LogP contribution in [-0.4, -0.2) is 39.6 Å². The summed E-state index contributed by atoms with van der Waals surface area (Å²) in [5, 5.41) is 9.04. The monoisotopic (exact) mass is 241 g/mol. The molecule has 1 aliphatic carbocycles. The number of ether oxygens (including phenoxy) is 1. The summed E-state index contributed by atoms with van der Waals surface area (Å²) in [4.78, 5) is 35.3. The number of imide groups is 1. The largest absolute Gasteiger partial charge is 0.480 e. The van der Waals surface area contributed by atoms with Gasteiger partial charge in [-0.05, 0) is 27.2 Å². The summed E-state index contributed by atoms with van der Waals surface area (Å²) >= 11 is 0. The summed E-state index contributed by atoms with van der Waals surface area (Å²) in [6, 6.07) is -1.05. The first kappa shape index (κ1) is 11.9. The first-order valence-corrected chi connectivity index (χ1v) is 5.51. The molecule has 6 heteroatoms. The SMILES string of the molecule is CC(C)(C)OC(=O)N1C(=O)[C@@H]2C[C@@H]2C1C(=O)O. The molecule has 2 rings (SSSR count). The van der Waals surface area contributed by atoms with Crippen LogP contribution in [0.15, 0.2) is 0 Å². The molecular formula is C11H15NO5. The molecule has 2 aliphatic rings. The quantitative estimate of drug-likeness (QED) is 0.735. The van der Waals surface area contributed by atoms with E-state index in [1.807, 2.05) is 0 Å². The Labute approximate surface area is 98.5 Å². The molecule has 94 valence electrons. The van der Waals surface area contributed by atoms with Gasteiger partial charge in [0.05, 0.1) is 0 Å². The molecule has 0 aromatic rings. The first-order valence-electron chi connectivity index (χ1n) is 5.51. The maximum atomic E-state index is 11.8. The molecule has 1 saturated carbocycles. The minimum absolute atomic E-state index is 0.229. The average Bonchev–Trinajstić information content (AvgIpc) is 2.83. The van der Waals surface area contributed by atoms with E-state index in [1.165, 1.54) is 0 Å². The Morgan fingerprint density at radius 3 is 2.47 bits per heavy atom. The van der Waals surface area contributed by atoms with Gasteiger partial charge < -0.3 is 9.84 Å². The van der Waals surface area contributed by atoms with Crippen LogP contribution in [0, 0.1) is 11.8 Å². The highest BCUT2D eigenvalue weighted by Gasteiger charge is 2.63. The highest BCUT2D eigenvalue weighted by Crippen LogP contribution is 2.50. The van der Waals surface area contributed by atoms with Crippen molar-refractivity contribution in [1.29, 1.82) is 0 Å². The molecule has 0 aromatic heterocycles. The van der Waals surface area contributed by atoms with Crippen LogP contribution in [0.5, 0.6) is 0 Å². The van der Waals surface area contributed by atoms with Gasteiger partial charge in [-0.3, -0.25) is 4.79 Å². The van der Waals surface area contributed by atoms with Crippen LogP contribution < -0.4 is 0 Å². The third-order valence-electron chi connectivity index (χ3n) is 2.92. The molecule has 1 saturated heterocycles. The molecule has 1 heterocycles. The number of nitrogens with zero attached hydrogens (tertiary/aromatic N) is 1.